The van der Waals surface area contributed by atoms with Gasteiger partial charge in [-0.2, -0.15) is 0 Å². The van der Waals surface area contributed by atoms with Crippen LogP contribution in [0.5, 0.6) is 0 Å². The summed E-state index contributed by atoms with van der Waals surface area (Å²) in [4.78, 5) is 4.73. The van der Waals surface area contributed by atoms with Crippen LogP contribution < -0.4 is 0 Å². The highest BCUT2D eigenvalue weighted by Gasteiger charge is 2.15. The van der Waals surface area contributed by atoms with Crippen LogP contribution in [-0.4, -0.2) is 9.55 Å². The Kier molecular flexibility index (Phi) is 5.88. The maximum Gasteiger partial charge on any atom is 0.0710 e. The van der Waals surface area contributed by atoms with Crippen molar-refractivity contribution in [3.8, 4) is 0 Å². The van der Waals surface area contributed by atoms with Crippen LogP contribution >= 0.6 is 24.0 Å². The van der Waals surface area contributed by atoms with Gasteiger partial charge in [0.15, 0.2) is 0 Å². The van der Waals surface area contributed by atoms with E-state index in [2.05, 4.69) is 54.8 Å². The van der Waals surface area contributed by atoms with Gasteiger partial charge in [0.1, 0.15) is 0 Å². The Balaban J connectivity index is 0.00000210. The van der Waals surface area contributed by atoms with Crippen LogP contribution in [0.4, 0.5) is 0 Å². The number of hydrogen-bond acceptors (Lipinski definition) is 1. The van der Waals surface area contributed by atoms with Crippen molar-refractivity contribution < 1.29 is 0 Å². The molecular weight excluding hydrogens is 375 g/mol. The van der Waals surface area contributed by atoms with Crippen LogP contribution in [0, 0.1) is 13.8 Å². The third-order valence-corrected chi connectivity index (χ3v) is 5.30. The van der Waals surface area contributed by atoms with E-state index in [9.17, 15) is 0 Å². The number of rotatable bonds is 4. The first-order chi connectivity index (χ1) is 12.6. The number of benzene rings is 2. The molecule has 0 amide bonds. The fourth-order valence-corrected chi connectivity index (χ4v) is 3.81. The predicted molar refractivity (Wildman–Crippen MR) is 116 cm³/mol. The van der Waals surface area contributed by atoms with E-state index in [1.807, 2.05) is 30.5 Å². The average Bonchev–Trinajstić information content (AvgIpc) is 2.89. The molecule has 2 aromatic carbocycles. The molecule has 0 N–H and O–H groups in total. The van der Waals surface area contributed by atoms with E-state index in [-0.39, 0.29) is 12.4 Å². The SMILES string of the molecule is Cc1c(C)n(Cc2cccc(Cl)c2)c2c(Cc3ccccc3)nccc12.Cl. The van der Waals surface area contributed by atoms with Crippen LogP contribution in [-0.2, 0) is 13.0 Å². The molecule has 0 aliphatic rings. The number of aryl methyl sites for hydroxylation is 1. The minimum absolute atomic E-state index is 0. The van der Waals surface area contributed by atoms with Crippen LogP contribution in [0.3, 0.4) is 0 Å². The maximum absolute atomic E-state index is 6.19. The Hall–Kier alpha value is -2.29. The molecule has 0 saturated carbocycles. The van der Waals surface area contributed by atoms with Gasteiger partial charge in [0.05, 0.1) is 11.2 Å². The lowest BCUT2D eigenvalue weighted by Crippen LogP contribution is -2.05. The molecule has 0 aliphatic carbocycles. The zero-order valence-electron chi connectivity index (χ0n) is 15.4. The Morgan fingerprint density at radius 2 is 1.67 bits per heavy atom. The van der Waals surface area contributed by atoms with Crippen molar-refractivity contribution in [2.75, 3.05) is 0 Å². The minimum Gasteiger partial charge on any atom is -0.339 e. The molecule has 0 spiro atoms. The van der Waals surface area contributed by atoms with Gasteiger partial charge >= 0.3 is 0 Å². The van der Waals surface area contributed by atoms with Crippen molar-refractivity contribution in [3.63, 3.8) is 0 Å². The fourth-order valence-electron chi connectivity index (χ4n) is 3.60. The first-order valence-electron chi connectivity index (χ1n) is 8.85. The summed E-state index contributed by atoms with van der Waals surface area (Å²) in [5, 5.41) is 2.06. The van der Waals surface area contributed by atoms with Crippen molar-refractivity contribution in [2.45, 2.75) is 26.8 Å². The molecule has 0 saturated heterocycles. The van der Waals surface area contributed by atoms with Crippen molar-refractivity contribution in [1.29, 1.82) is 0 Å². The summed E-state index contributed by atoms with van der Waals surface area (Å²) < 4.78 is 2.38. The Morgan fingerprint density at radius 3 is 2.41 bits per heavy atom. The molecule has 2 aromatic heterocycles. The van der Waals surface area contributed by atoms with Crippen LogP contribution in [0.25, 0.3) is 10.9 Å². The normalized spacial score (nSPS) is 10.8. The summed E-state index contributed by atoms with van der Waals surface area (Å²) in [7, 11) is 0. The summed E-state index contributed by atoms with van der Waals surface area (Å²) >= 11 is 6.19. The van der Waals surface area contributed by atoms with Crippen LogP contribution in [0.15, 0.2) is 66.9 Å². The monoisotopic (exact) mass is 396 g/mol. The van der Waals surface area contributed by atoms with Gasteiger partial charge in [-0.1, -0.05) is 54.1 Å². The van der Waals surface area contributed by atoms with Gasteiger partial charge in [-0.3, -0.25) is 4.98 Å². The molecule has 2 heterocycles. The molecule has 4 heteroatoms. The Morgan fingerprint density at radius 1 is 0.926 bits per heavy atom. The van der Waals surface area contributed by atoms with Crippen molar-refractivity contribution in [2.24, 2.45) is 0 Å². The van der Waals surface area contributed by atoms with Crippen molar-refractivity contribution in [3.05, 3.63) is 100.0 Å². The average molecular weight is 397 g/mol. The quantitative estimate of drug-likeness (QED) is 0.391. The molecule has 0 fully saturated rings. The highest BCUT2D eigenvalue weighted by atomic mass is 35.5. The molecule has 0 unspecified atom stereocenters. The van der Waals surface area contributed by atoms with Gasteiger partial charge in [-0.15, -0.1) is 12.4 Å². The van der Waals surface area contributed by atoms with Gasteiger partial charge < -0.3 is 4.57 Å². The topological polar surface area (TPSA) is 17.8 Å². The molecule has 4 rings (SSSR count). The number of aromatic nitrogens is 2. The summed E-state index contributed by atoms with van der Waals surface area (Å²) in [6, 6.07) is 20.7. The summed E-state index contributed by atoms with van der Waals surface area (Å²) in [6.45, 7) is 5.18. The maximum atomic E-state index is 6.19. The second-order valence-corrected chi connectivity index (χ2v) is 7.18. The second kappa shape index (κ2) is 8.16. The van der Waals surface area contributed by atoms with E-state index in [4.69, 9.17) is 16.6 Å². The van der Waals surface area contributed by atoms with Crippen molar-refractivity contribution >= 4 is 34.9 Å². The number of halogens is 2. The molecule has 2 nitrogen and oxygen atoms in total. The van der Waals surface area contributed by atoms with E-state index in [0.29, 0.717) is 0 Å². The van der Waals surface area contributed by atoms with Gasteiger partial charge in [0, 0.05) is 35.3 Å². The van der Waals surface area contributed by atoms with E-state index in [1.165, 1.54) is 33.3 Å². The molecular formula is C23H22Cl2N2. The lowest BCUT2D eigenvalue weighted by atomic mass is 10.1. The number of fused-ring (bicyclic) bond motifs is 1. The summed E-state index contributed by atoms with van der Waals surface area (Å²) in [5.41, 5.74) is 7.42. The van der Waals surface area contributed by atoms with E-state index < -0.39 is 0 Å². The van der Waals surface area contributed by atoms with Gasteiger partial charge in [-0.05, 0) is 48.7 Å². The lowest BCUT2D eigenvalue weighted by molar-refractivity contribution is 0.794. The van der Waals surface area contributed by atoms with Gasteiger partial charge in [-0.25, -0.2) is 0 Å². The molecule has 0 bridgehead atoms. The third kappa shape index (κ3) is 3.87. The van der Waals surface area contributed by atoms with Crippen molar-refractivity contribution in [1.82, 2.24) is 9.55 Å². The predicted octanol–water partition coefficient (Wildman–Crippen LogP) is 6.37. The Bertz CT molecular complexity index is 1070. The van der Waals surface area contributed by atoms with E-state index >= 15 is 0 Å². The minimum atomic E-state index is 0. The number of nitrogens with zero attached hydrogens (tertiary/aromatic N) is 2. The lowest BCUT2D eigenvalue weighted by Gasteiger charge is -2.12. The molecule has 138 valence electrons. The number of hydrogen-bond donors (Lipinski definition) is 0. The number of pyridine rings is 1. The third-order valence-electron chi connectivity index (χ3n) is 5.07. The highest BCUT2D eigenvalue weighted by Crippen LogP contribution is 2.29. The second-order valence-electron chi connectivity index (χ2n) is 6.74. The summed E-state index contributed by atoms with van der Waals surface area (Å²) in [5.74, 6) is 0. The fraction of sp³-hybridized carbons (Fsp3) is 0.174. The molecule has 4 aromatic rings. The van der Waals surface area contributed by atoms with E-state index in [1.54, 1.807) is 0 Å². The highest BCUT2D eigenvalue weighted by molar-refractivity contribution is 6.30. The smallest absolute Gasteiger partial charge is 0.0710 e. The van der Waals surface area contributed by atoms with Crippen LogP contribution in [0.2, 0.25) is 5.02 Å². The van der Waals surface area contributed by atoms with Gasteiger partial charge in [0.25, 0.3) is 0 Å². The Labute approximate surface area is 171 Å². The first-order valence-corrected chi connectivity index (χ1v) is 9.23. The standard InChI is InChI=1S/C23H21ClN2.ClH/c1-16-17(2)26(15-19-9-6-10-20(24)13-19)23-21(16)11-12-25-22(23)14-18-7-4-3-5-8-18;/h3-13H,14-15H2,1-2H3;1H. The van der Waals surface area contributed by atoms with Gasteiger partial charge in [0.2, 0.25) is 0 Å². The zero-order chi connectivity index (χ0) is 18.1. The molecule has 0 atom stereocenters. The van der Waals surface area contributed by atoms with Crippen LogP contribution in [0.1, 0.15) is 28.1 Å². The first kappa shape index (κ1) is 19.5. The molecule has 0 aliphatic heterocycles. The largest absolute Gasteiger partial charge is 0.339 e. The zero-order valence-corrected chi connectivity index (χ0v) is 17.0. The summed E-state index contributed by atoms with van der Waals surface area (Å²) in [6.07, 6.45) is 2.76. The molecule has 0 radical (unpaired) electrons. The molecule has 27 heavy (non-hydrogen) atoms. The van der Waals surface area contributed by atoms with E-state index in [0.717, 1.165) is 23.7 Å².